The van der Waals surface area contributed by atoms with Gasteiger partial charge in [0.1, 0.15) is 0 Å². The molecule has 1 aliphatic rings. The van der Waals surface area contributed by atoms with Gasteiger partial charge in [-0.2, -0.15) is 0 Å². The smallest absolute Gasteiger partial charge is 0.251 e. The number of carbonyl (C=O) groups excluding carboxylic acids is 1. The zero-order chi connectivity index (χ0) is 13.9. The van der Waals surface area contributed by atoms with Crippen LogP contribution in [0.3, 0.4) is 0 Å². The molecule has 1 aliphatic heterocycles. The van der Waals surface area contributed by atoms with Crippen LogP contribution < -0.4 is 16.2 Å². The van der Waals surface area contributed by atoms with Gasteiger partial charge in [-0.25, -0.2) is 0 Å². The normalized spacial score (nSPS) is 23.1. The average Bonchev–Trinajstić information content (AvgIpc) is 2.40. The summed E-state index contributed by atoms with van der Waals surface area (Å²) in [4.78, 5) is 23.5. The van der Waals surface area contributed by atoms with Crippen molar-refractivity contribution in [1.29, 1.82) is 0 Å². The van der Waals surface area contributed by atoms with Crippen molar-refractivity contribution in [2.24, 2.45) is 12.5 Å². The summed E-state index contributed by atoms with van der Waals surface area (Å²) in [5.74, 6) is -0.176. The van der Waals surface area contributed by atoms with Gasteiger partial charge in [-0.1, -0.05) is 6.92 Å². The molecule has 1 fully saturated rings. The molecule has 1 saturated heterocycles. The molecular weight excluding hydrogens is 242 g/mol. The van der Waals surface area contributed by atoms with Gasteiger partial charge in [-0.05, 0) is 30.9 Å². The van der Waals surface area contributed by atoms with E-state index in [-0.39, 0.29) is 16.9 Å². The molecule has 0 bridgehead atoms. The third-order valence-corrected chi connectivity index (χ3v) is 3.73. The zero-order valence-corrected chi connectivity index (χ0v) is 11.5. The van der Waals surface area contributed by atoms with Gasteiger partial charge in [0, 0.05) is 38.0 Å². The summed E-state index contributed by atoms with van der Waals surface area (Å²) in [5, 5.41) is 6.28. The SMILES string of the molecule is Cn1ccc(C(=O)NCC2(C)CCCNC2)cc1=O. The lowest BCUT2D eigenvalue weighted by atomic mass is 9.83. The van der Waals surface area contributed by atoms with E-state index in [0.29, 0.717) is 12.1 Å². The number of nitrogens with one attached hydrogen (secondary N) is 2. The fraction of sp³-hybridized carbons (Fsp3) is 0.571. The Morgan fingerprint density at radius 1 is 1.58 bits per heavy atom. The second-order valence-corrected chi connectivity index (χ2v) is 5.64. The van der Waals surface area contributed by atoms with E-state index >= 15 is 0 Å². The predicted molar refractivity (Wildman–Crippen MR) is 74.2 cm³/mol. The largest absolute Gasteiger partial charge is 0.351 e. The topological polar surface area (TPSA) is 63.1 Å². The third-order valence-electron chi connectivity index (χ3n) is 3.73. The Balaban J connectivity index is 1.97. The van der Waals surface area contributed by atoms with Crippen LogP contribution in [-0.2, 0) is 7.05 Å². The molecule has 0 radical (unpaired) electrons. The first-order chi connectivity index (χ1) is 9.00. The molecule has 5 nitrogen and oxygen atoms in total. The summed E-state index contributed by atoms with van der Waals surface area (Å²) >= 11 is 0. The molecule has 0 spiro atoms. The predicted octanol–water partition coefficient (Wildman–Crippen LogP) is 0.505. The number of hydrogen-bond donors (Lipinski definition) is 2. The van der Waals surface area contributed by atoms with Crippen LogP contribution in [-0.4, -0.2) is 30.1 Å². The summed E-state index contributed by atoms with van der Waals surface area (Å²) in [5.41, 5.74) is 0.363. The van der Waals surface area contributed by atoms with Crippen molar-refractivity contribution < 1.29 is 4.79 Å². The molecule has 2 N–H and O–H groups in total. The molecule has 0 aliphatic carbocycles. The molecule has 1 atom stereocenters. The number of nitrogens with zero attached hydrogens (tertiary/aromatic N) is 1. The molecule has 2 heterocycles. The van der Waals surface area contributed by atoms with E-state index in [0.717, 1.165) is 25.9 Å². The van der Waals surface area contributed by atoms with Crippen LogP contribution in [0.25, 0.3) is 0 Å². The highest BCUT2D eigenvalue weighted by atomic mass is 16.2. The van der Waals surface area contributed by atoms with E-state index in [1.807, 2.05) is 0 Å². The van der Waals surface area contributed by atoms with Crippen LogP contribution in [0, 0.1) is 5.41 Å². The van der Waals surface area contributed by atoms with Crippen LogP contribution in [0.2, 0.25) is 0 Å². The van der Waals surface area contributed by atoms with Crippen LogP contribution in [0.1, 0.15) is 30.1 Å². The number of rotatable bonds is 3. The second kappa shape index (κ2) is 5.57. The lowest BCUT2D eigenvalue weighted by Crippen LogP contribution is -2.45. The van der Waals surface area contributed by atoms with Crippen molar-refractivity contribution in [3.05, 3.63) is 34.2 Å². The molecule has 104 valence electrons. The summed E-state index contributed by atoms with van der Waals surface area (Å²) < 4.78 is 1.45. The Bertz CT molecular complexity index is 516. The minimum absolute atomic E-state index is 0.105. The monoisotopic (exact) mass is 263 g/mol. The number of carbonyl (C=O) groups is 1. The Hall–Kier alpha value is -1.62. The minimum Gasteiger partial charge on any atom is -0.351 e. The second-order valence-electron chi connectivity index (χ2n) is 5.64. The van der Waals surface area contributed by atoms with E-state index in [2.05, 4.69) is 17.6 Å². The van der Waals surface area contributed by atoms with Crippen molar-refractivity contribution in [3.63, 3.8) is 0 Å². The van der Waals surface area contributed by atoms with Crippen molar-refractivity contribution in [2.75, 3.05) is 19.6 Å². The summed E-state index contributed by atoms with van der Waals surface area (Å²) in [6.45, 7) is 4.78. The number of pyridine rings is 1. The van der Waals surface area contributed by atoms with Crippen LogP contribution in [0.15, 0.2) is 23.1 Å². The molecule has 1 amide bonds. The highest BCUT2D eigenvalue weighted by Gasteiger charge is 2.27. The van der Waals surface area contributed by atoms with E-state index < -0.39 is 0 Å². The first kappa shape index (κ1) is 13.8. The van der Waals surface area contributed by atoms with Crippen molar-refractivity contribution in [3.8, 4) is 0 Å². The van der Waals surface area contributed by atoms with Gasteiger partial charge in [0.25, 0.3) is 11.5 Å². The first-order valence-corrected chi connectivity index (χ1v) is 6.66. The highest BCUT2D eigenvalue weighted by Crippen LogP contribution is 2.24. The maximum atomic E-state index is 12.0. The first-order valence-electron chi connectivity index (χ1n) is 6.66. The number of amides is 1. The molecule has 5 heteroatoms. The van der Waals surface area contributed by atoms with Crippen LogP contribution >= 0.6 is 0 Å². The number of hydrogen-bond acceptors (Lipinski definition) is 3. The fourth-order valence-corrected chi connectivity index (χ4v) is 2.36. The zero-order valence-electron chi connectivity index (χ0n) is 11.5. The van der Waals surface area contributed by atoms with Gasteiger partial charge in [-0.3, -0.25) is 9.59 Å². The van der Waals surface area contributed by atoms with Crippen LogP contribution in [0.4, 0.5) is 0 Å². The van der Waals surface area contributed by atoms with Gasteiger partial charge in [0.15, 0.2) is 0 Å². The van der Waals surface area contributed by atoms with Gasteiger partial charge in [-0.15, -0.1) is 0 Å². The molecule has 19 heavy (non-hydrogen) atoms. The number of piperidine rings is 1. The maximum Gasteiger partial charge on any atom is 0.251 e. The number of aromatic nitrogens is 1. The maximum absolute atomic E-state index is 12.0. The summed E-state index contributed by atoms with van der Waals surface area (Å²) in [6.07, 6.45) is 3.86. The molecule has 2 rings (SSSR count). The van der Waals surface area contributed by atoms with Gasteiger partial charge in [0.2, 0.25) is 0 Å². The average molecular weight is 263 g/mol. The third kappa shape index (κ3) is 3.44. The van der Waals surface area contributed by atoms with E-state index in [1.165, 1.54) is 10.6 Å². The molecule has 0 saturated carbocycles. The Kier molecular flexibility index (Phi) is 4.04. The standard InChI is InChI=1S/C14H21N3O2/c1-14(5-3-6-15-9-14)10-16-13(19)11-4-7-17(2)12(18)8-11/h4,7-8,15H,3,5-6,9-10H2,1-2H3,(H,16,19). The van der Waals surface area contributed by atoms with E-state index in [1.54, 1.807) is 19.3 Å². The van der Waals surface area contributed by atoms with Gasteiger partial charge >= 0.3 is 0 Å². The Morgan fingerprint density at radius 3 is 3.00 bits per heavy atom. The molecule has 0 aromatic carbocycles. The molecule has 1 aromatic heterocycles. The quantitative estimate of drug-likeness (QED) is 0.835. The van der Waals surface area contributed by atoms with Crippen molar-refractivity contribution in [2.45, 2.75) is 19.8 Å². The van der Waals surface area contributed by atoms with E-state index in [4.69, 9.17) is 0 Å². The lowest BCUT2D eigenvalue weighted by molar-refractivity contribution is 0.0924. The van der Waals surface area contributed by atoms with Crippen LogP contribution in [0.5, 0.6) is 0 Å². The summed E-state index contributed by atoms with van der Waals surface area (Å²) in [6, 6.07) is 3.04. The Morgan fingerprint density at radius 2 is 2.37 bits per heavy atom. The minimum atomic E-state index is -0.176. The van der Waals surface area contributed by atoms with Crippen molar-refractivity contribution >= 4 is 5.91 Å². The van der Waals surface area contributed by atoms with Gasteiger partial charge in [0.05, 0.1) is 0 Å². The molecular formula is C14H21N3O2. The Labute approximate surface area is 113 Å². The van der Waals surface area contributed by atoms with E-state index in [9.17, 15) is 9.59 Å². The molecule has 1 unspecified atom stereocenters. The highest BCUT2D eigenvalue weighted by molar-refractivity contribution is 5.93. The molecule has 1 aromatic rings. The number of aryl methyl sites for hydroxylation is 1. The fourth-order valence-electron chi connectivity index (χ4n) is 2.36. The van der Waals surface area contributed by atoms with Crippen molar-refractivity contribution in [1.82, 2.24) is 15.2 Å². The lowest BCUT2D eigenvalue weighted by Gasteiger charge is -2.34. The summed E-state index contributed by atoms with van der Waals surface area (Å²) in [7, 11) is 1.67. The van der Waals surface area contributed by atoms with Gasteiger partial charge < -0.3 is 15.2 Å².